The van der Waals surface area contributed by atoms with Crippen LogP contribution in [0.2, 0.25) is 19.6 Å². The maximum atomic E-state index is 13.2. The largest absolute Gasteiger partial charge is 0.504 e. The zero-order valence-corrected chi connectivity index (χ0v) is 12.4. The Bertz CT molecular complexity index is 615. The van der Waals surface area contributed by atoms with E-state index in [2.05, 4.69) is 5.10 Å². The van der Waals surface area contributed by atoms with Crippen molar-refractivity contribution >= 4 is 13.4 Å². The van der Waals surface area contributed by atoms with Crippen molar-refractivity contribution in [3.8, 4) is 11.4 Å². The van der Waals surface area contributed by atoms with Gasteiger partial charge in [0.05, 0.1) is 11.0 Å². The second-order valence-electron chi connectivity index (χ2n) is 5.54. The normalized spacial score (nSPS) is 12.7. The van der Waals surface area contributed by atoms with Crippen molar-refractivity contribution in [1.82, 2.24) is 9.78 Å². The van der Waals surface area contributed by atoms with E-state index in [-0.39, 0.29) is 11.0 Å². The topological polar surface area (TPSA) is 38.0 Å². The quantitative estimate of drug-likeness (QED) is 0.865. The third-order valence-corrected chi connectivity index (χ3v) is 4.60. The fourth-order valence-corrected chi connectivity index (χ4v) is 3.15. The number of rotatable bonds is 2. The van der Waals surface area contributed by atoms with Crippen LogP contribution in [-0.2, 0) is 6.18 Å². The zero-order chi connectivity index (χ0) is 15.1. The minimum Gasteiger partial charge on any atom is -0.504 e. The van der Waals surface area contributed by atoms with Gasteiger partial charge in [0.1, 0.15) is 8.07 Å². The molecule has 20 heavy (non-hydrogen) atoms. The molecule has 3 nitrogen and oxygen atoms in total. The molecule has 0 saturated heterocycles. The van der Waals surface area contributed by atoms with E-state index in [9.17, 15) is 18.3 Å². The number of hydrogen-bond acceptors (Lipinski definition) is 2. The monoisotopic (exact) mass is 300 g/mol. The molecule has 1 N–H and O–H groups in total. The maximum absolute atomic E-state index is 13.2. The van der Waals surface area contributed by atoms with Crippen LogP contribution in [0.15, 0.2) is 30.3 Å². The molecule has 0 fully saturated rings. The van der Waals surface area contributed by atoms with E-state index in [0.29, 0.717) is 0 Å². The van der Waals surface area contributed by atoms with Crippen LogP contribution < -0.4 is 5.32 Å². The molecule has 1 heterocycles. The summed E-state index contributed by atoms with van der Waals surface area (Å²) in [5.74, 6) is -0.750. The van der Waals surface area contributed by atoms with Gasteiger partial charge in [0.2, 0.25) is 0 Å². The summed E-state index contributed by atoms with van der Waals surface area (Å²) in [7, 11) is -2.18. The van der Waals surface area contributed by atoms with Gasteiger partial charge in [-0.1, -0.05) is 37.8 Å². The summed E-state index contributed by atoms with van der Waals surface area (Å²) in [6.07, 6.45) is -4.66. The summed E-state index contributed by atoms with van der Waals surface area (Å²) in [5.41, 5.74) is -0.833. The van der Waals surface area contributed by atoms with Gasteiger partial charge in [-0.25, -0.2) is 4.68 Å². The first kappa shape index (κ1) is 14.6. The van der Waals surface area contributed by atoms with Crippen LogP contribution in [0.4, 0.5) is 13.2 Å². The molecular formula is C13H15F3N2OSi. The number of halogens is 3. The van der Waals surface area contributed by atoms with Gasteiger partial charge in [0.25, 0.3) is 0 Å². The van der Waals surface area contributed by atoms with Crippen molar-refractivity contribution in [2.45, 2.75) is 25.8 Å². The van der Waals surface area contributed by atoms with Crippen molar-refractivity contribution in [2.24, 2.45) is 0 Å². The van der Waals surface area contributed by atoms with Gasteiger partial charge in [-0.15, -0.1) is 0 Å². The van der Waals surface area contributed by atoms with Gasteiger partial charge < -0.3 is 5.11 Å². The van der Waals surface area contributed by atoms with Gasteiger partial charge in [-0.05, 0) is 12.1 Å². The highest BCUT2D eigenvalue weighted by molar-refractivity contribution is 6.88. The first-order valence-corrected chi connectivity index (χ1v) is 9.57. The number of para-hydroxylation sites is 1. The lowest BCUT2D eigenvalue weighted by molar-refractivity contribution is -0.143. The van der Waals surface area contributed by atoms with E-state index in [1.807, 2.05) is 19.6 Å². The third kappa shape index (κ3) is 2.58. The molecule has 0 amide bonds. The van der Waals surface area contributed by atoms with Crippen molar-refractivity contribution < 1.29 is 18.3 Å². The van der Waals surface area contributed by atoms with Gasteiger partial charge in [0.15, 0.2) is 11.4 Å². The summed E-state index contributed by atoms with van der Waals surface area (Å²) in [4.78, 5) is 0. The Morgan fingerprint density at radius 2 is 1.65 bits per heavy atom. The molecule has 1 aromatic heterocycles. The van der Waals surface area contributed by atoms with E-state index < -0.39 is 25.7 Å². The molecule has 2 rings (SSSR count). The van der Waals surface area contributed by atoms with Gasteiger partial charge in [-0.2, -0.15) is 18.3 Å². The van der Waals surface area contributed by atoms with Crippen molar-refractivity contribution in [3.63, 3.8) is 0 Å². The van der Waals surface area contributed by atoms with Gasteiger partial charge in [0, 0.05) is 0 Å². The average Bonchev–Trinajstić information content (AvgIpc) is 2.67. The molecule has 0 aliphatic rings. The van der Waals surface area contributed by atoms with E-state index in [0.717, 1.165) is 4.68 Å². The van der Waals surface area contributed by atoms with Gasteiger partial charge in [-0.3, -0.25) is 0 Å². The smallest absolute Gasteiger partial charge is 0.437 e. The molecule has 0 radical (unpaired) electrons. The molecular weight excluding hydrogens is 285 g/mol. The fourth-order valence-electron chi connectivity index (χ4n) is 1.93. The molecule has 1 aromatic carbocycles. The lowest BCUT2D eigenvalue weighted by Gasteiger charge is -2.12. The number of nitrogens with zero attached hydrogens (tertiary/aromatic N) is 2. The fraction of sp³-hybridized carbons (Fsp3) is 0.308. The number of aromatic hydroxyl groups is 1. The molecule has 0 unspecified atom stereocenters. The molecule has 2 aromatic rings. The summed E-state index contributed by atoms with van der Waals surface area (Å²) in [5, 5.41) is 14.2. The Balaban J connectivity index is 2.75. The molecule has 0 aliphatic heterocycles. The molecule has 0 atom stereocenters. The highest BCUT2D eigenvalue weighted by atomic mass is 28.3. The zero-order valence-electron chi connectivity index (χ0n) is 11.4. The van der Waals surface area contributed by atoms with Crippen LogP contribution in [0.5, 0.6) is 5.75 Å². The van der Waals surface area contributed by atoms with Crippen molar-refractivity contribution in [3.05, 3.63) is 36.0 Å². The molecule has 7 heteroatoms. The molecule has 108 valence electrons. The Labute approximate surface area is 115 Å². The predicted octanol–water partition coefficient (Wildman–Crippen LogP) is 3.14. The van der Waals surface area contributed by atoms with E-state index in [1.54, 1.807) is 18.2 Å². The highest BCUT2D eigenvalue weighted by Gasteiger charge is 2.42. The second kappa shape index (κ2) is 4.66. The van der Waals surface area contributed by atoms with Crippen LogP contribution in [-0.4, -0.2) is 23.0 Å². The number of benzene rings is 1. The first-order chi connectivity index (χ1) is 9.12. The maximum Gasteiger partial charge on any atom is 0.437 e. The first-order valence-electron chi connectivity index (χ1n) is 6.07. The highest BCUT2D eigenvalue weighted by Crippen LogP contribution is 2.36. The van der Waals surface area contributed by atoms with Crippen molar-refractivity contribution in [2.75, 3.05) is 0 Å². The third-order valence-electron chi connectivity index (χ3n) is 2.84. The minimum absolute atomic E-state index is 0.161. The Hall–Kier alpha value is -1.76. The molecule has 0 aliphatic carbocycles. The van der Waals surface area contributed by atoms with Crippen LogP contribution in [0.25, 0.3) is 5.69 Å². The van der Waals surface area contributed by atoms with Crippen LogP contribution in [0, 0.1) is 0 Å². The molecule has 0 bridgehead atoms. The Morgan fingerprint density at radius 1 is 1.10 bits per heavy atom. The van der Waals surface area contributed by atoms with Crippen molar-refractivity contribution in [1.29, 1.82) is 0 Å². The van der Waals surface area contributed by atoms with Crippen LogP contribution in [0.1, 0.15) is 5.69 Å². The average molecular weight is 300 g/mol. The predicted molar refractivity (Wildman–Crippen MR) is 73.2 cm³/mol. The van der Waals surface area contributed by atoms with E-state index in [4.69, 9.17) is 0 Å². The second-order valence-corrected chi connectivity index (χ2v) is 10.5. The van der Waals surface area contributed by atoms with Gasteiger partial charge >= 0.3 is 6.18 Å². The lowest BCUT2D eigenvalue weighted by Crippen LogP contribution is -2.39. The summed E-state index contributed by atoms with van der Waals surface area (Å²) in [6.45, 7) is 5.51. The number of hydrogen-bond donors (Lipinski definition) is 1. The summed E-state index contributed by atoms with van der Waals surface area (Å²) in [6, 6.07) is 8.01. The van der Waals surface area contributed by atoms with Crippen LogP contribution in [0.3, 0.4) is 0 Å². The number of aromatic nitrogens is 2. The minimum atomic E-state index is -4.66. The summed E-state index contributed by atoms with van der Waals surface area (Å²) < 4.78 is 40.4. The SMILES string of the molecule is C[Si](C)(C)c1nn(-c2ccccc2)c(C(F)(F)F)c1O. The van der Waals surface area contributed by atoms with E-state index in [1.165, 1.54) is 12.1 Å². The molecule has 0 saturated carbocycles. The summed E-state index contributed by atoms with van der Waals surface area (Å²) >= 11 is 0. The Morgan fingerprint density at radius 3 is 2.10 bits per heavy atom. The Kier molecular flexibility index (Phi) is 3.41. The standard InChI is InChI=1S/C13H15F3N2OSi/c1-20(2,3)12-10(19)11(13(14,15)16)18(17-12)9-7-5-4-6-8-9/h4-8,19H,1-3H3. The lowest BCUT2D eigenvalue weighted by atomic mass is 10.3. The van der Waals surface area contributed by atoms with E-state index >= 15 is 0 Å². The van der Waals surface area contributed by atoms with Crippen LogP contribution >= 0.6 is 0 Å². The molecule has 0 spiro atoms. The number of alkyl halides is 3.